The van der Waals surface area contributed by atoms with Crippen LogP contribution in [0.1, 0.15) is 18.9 Å². The Balaban J connectivity index is 2.76. The van der Waals surface area contributed by atoms with Crippen LogP contribution in [0.25, 0.3) is 0 Å². The van der Waals surface area contributed by atoms with Gasteiger partial charge in [0.25, 0.3) is 0 Å². The Morgan fingerprint density at radius 3 is 2.45 bits per heavy atom. The summed E-state index contributed by atoms with van der Waals surface area (Å²) in [7, 11) is 0. The second kappa shape index (κ2) is 7.18. The number of rotatable bonds is 5. The fourth-order valence-electron chi connectivity index (χ4n) is 1.66. The SMILES string of the molecule is CCOC(=O)C(CCc1ccc(Cl)c(Cl)c1)C(F)(F)F. The van der Waals surface area contributed by atoms with Gasteiger partial charge in [0, 0.05) is 0 Å². The van der Waals surface area contributed by atoms with E-state index in [4.69, 9.17) is 23.2 Å². The number of benzene rings is 1. The van der Waals surface area contributed by atoms with Crippen molar-refractivity contribution in [2.75, 3.05) is 6.61 Å². The molecule has 0 spiro atoms. The molecule has 1 rings (SSSR count). The molecule has 0 aliphatic rings. The molecule has 0 bridgehead atoms. The Kier molecular flexibility index (Phi) is 6.14. The molecule has 0 aliphatic carbocycles. The van der Waals surface area contributed by atoms with E-state index < -0.39 is 18.1 Å². The van der Waals surface area contributed by atoms with Gasteiger partial charge in [-0.15, -0.1) is 0 Å². The average molecular weight is 329 g/mol. The Bertz CT molecular complexity index is 475. The highest BCUT2D eigenvalue weighted by Crippen LogP contribution is 2.32. The molecule has 0 aromatic heterocycles. The summed E-state index contributed by atoms with van der Waals surface area (Å²) in [5, 5.41) is 0.594. The van der Waals surface area contributed by atoms with Crippen molar-refractivity contribution >= 4 is 29.2 Å². The van der Waals surface area contributed by atoms with Gasteiger partial charge in [-0.3, -0.25) is 4.79 Å². The smallest absolute Gasteiger partial charge is 0.402 e. The van der Waals surface area contributed by atoms with Gasteiger partial charge in [-0.25, -0.2) is 0 Å². The lowest BCUT2D eigenvalue weighted by molar-refractivity contribution is -0.198. The van der Waals surface area contributed by atoms with Crippen molar-refractivity contribution in [3.8, 4) is 0 Å². The van der Waals surface area contributed by atoms with E-state index in [-0.39, 0.29) is 24.5 Å². The normalized spacial score (nSPS) is 13.1. The zero-order valence-electron chi connectivity index (χ0n) is 10.6. The average Bonchev–Trinajstić information content (AvgIpc) is 2.32. The number of halogens is 5. The quantitative estimate of drug-likeness (QED) is 0.734. The van der Waals surface area contributed by atoms with Crippen molar-refractivity contribution in [2.45, 2.75) is 25.9 Å². The molecular formula is C13H13Cl2F3O2. The van der Waals surface area contributed by atoms with Crippen LogP contribution in [-0.2, 0) is 16.0 Å². The minimum absolute atomic E-state index is 0.0554. The third-order valence-electron chi connectivity index (χ3n) is 2.67. The largest absolute Gasteiger partial charge is 0.466 e. The minimum atomic E-state index is -4.62. The van der Waals surface area contributed by atoms with Gasteiger partial charge in [0.15, 0.2) is 5.92 Å². The molecule has 2 nitrogen and oxygen atoms in total. The van der Waals surface area contributed by atoms with E-state index in [0.29, 0.717) is 10.6 Å². The Morgan fingerprint density at radius 1 is 1.30 bits per heavy atom. The van der Waals surface area contributed by atoms with Gasteiger partial charge in [-0.05, 0) is 37.5 Å². The van der Waals surface area contributed by atoms with Gasteiger partial charge >= 0.3 is 12.1 Å². The first-order chi connectivity index (χ1) is 9.25. The zero-order valence-corrected chi connectivity index (χ0v) is 12.1. The number of aryl methyl sites for hydroxylation is 1. The summed E-state index contributed by atoms with van der Waals surface area (Å²) >= 11 is 11.5. The molecule has 0 fully saturated rings. The number of alkyl halides is 3. The van der Waals surface area contributed by atoms with E-state index in [1.807, 2.05) is 0 Å². The minimum Gasteiger partial charge on any atom is -0.466 e. The van der Waals surface area contributed by atoms with Gasteiger partial charge in [0.05, 0.1) is 16.7 Å². The van der Waals surface area contributed by atoms with Crippen LogP contribution in [0.4, 0.5) is 13.2 Å². The second-order valence-electron chi connectivity index (χ2n) is 4.13. The lowest BCUT2D eigenvalue weighted by Crippen LogP contribution is -2.32. The molecule has 1 unspecified atom stereocenters. The Hall–Kier alpha value is -0.940. The Labute approximate surface area is 124 Å². The fraction of sp³-hybridized carbons (Fsp3) is 0.462. The van der Waals surface area contributed by atoms with Crippen LogP contribution in [-0.4, -0.2) is 18.8 Å². The molecule has 7 heteroatoms. The molecule has 0 amide bonds. The number of hydrogen-bond donors (Lipinski definition) is 0. The number of ether oxygens (including phenoxy) is 1. The summed E-state index contributed by atoms with van der Waals surface area (Å²) in [5.41, 5.74) is 0.581. The lowest BCUT2D eigenvalue weighted by Gasteiger charge is -2.18. The first kappa shape index (κ1) is 17.1. The summed E-state index contributed by atoms with van der Waals surface area (Å²) in [5.74, 6) is -3.38. The molecule has 112 valence electrons. The van der Waals surface area contributed by atoms with Crippen molar-refractivity contribution in [3.05, 3.63) is 33.8 Å². The van der Waals surface area contributed by atoms with E-state index in [1.54, 1.807) is 6.07 Å². The van der Waals surface area contributed by atoms with Gasteiger partial charge in [0.2, 0.25) is 0 Å². The molecule has 1 atom stereocenters. The summed E-state index contributed by atoms with van der Waals surface area (Å²) in [6.07, 6.45) is -4.96. The predicted octanol–water partition coefficient (Wildman–Crippen LogP) is 4.67. The van der Waals surface area contributed by atoms with Gasteiger partial charge in [-0.1, -0.05) is 29.3 Å². The monoisotopic (exact) mass is 328 g/mol. The zero-order chi connectivity index (χ0) is 15.3. The number of carbonyl (C=O) groups excluding carboxylic acids is 1. The third-order valence-corrected chi connectivity index (χ3v) is 3.41. The Morgan fingerprint density at radius 2 is 1.95 bits per heavy atom. The van der Waals surface area contributed by atoms with E-state index in [1.165, 1.54) is 19.1 Å². The van der Waals surface area contributed by atoms with Gasteiger partial charge in [0.1, 0.15) is 0 Å². The maximum atomic E-state index is 12.8. The number of esters is 1. The van der Waals surface area contributed by atoms with Crippen molar-refractivity contribution in [2.24, 2.45) is 5.92 Å². The molecule has 0 saturated heterocycles. The maximum Gasteiger partial charge on any atom is 0.402 e. The van der Waals surface area contributed by atoms with Crippen LogP contribution < -0.4 is 0 Å². The third kappa shape index (κ3) is 4.87. The van der Waals surface area contributed by atoms with Crippen LogP contribution in [0, 0.1) is 5.92 Å². The van der Waals surface area contributed by atoms with E-state index >= 15 is 0 Å². The van der Waals surface area contributed by atoms with E-state index in [0.717, 1.165) is 0 Å². The van der Waals surface area contributed by atoms with Gasteiger partial charge in [-0.2, -0.15) is 13.2 Å². The highest BCUT2D eigenvalue weighted by Gasteiger charge is 2.45. The molecule has 0 heterocycles. The summed E-state index contributed by atoms with van der Waals surface area (Å²) in [6, 6.07) is 4.57. The predicted molar refractivity (Wildman–Crippen MR) is 71.0 cm³/mol. The molecule has 1 aromatic carbocycles. The van der Waals surface area contributed by atoms with E-state index in [9.17, 15) is 18.0 Å². The molecule has 0 N–H and O–H groups in total. The maximum absolute atomic E-state index is 12.8. The first-order valence-electron chi connectivity index (χ1n) is 5.93. The second-order valence-corrected chi connectivity index (χ2v) is 4.95. The number of carbonyl (C=O) groups is 1. The molecule has 0 radical (unpaired) electrons. The number of hydrogen-bond acceptors (Lipinski definition) is 2. The topological polar surface area (TPSA) is 26.3 Å². The van der Waals surface area contributed by atoms with E-state index in [2.05, 4.69) is 4.74 Å². The highest BCUT2D eigenvalue weighted by molar-refractivity contribution is 6.42. The van der Waals surface area contributed by atoms with Crippen molar-refractivity contribution in [1.29, 1.82) is 0 Å². The van der Waals surface area contributed by atoms with Crippen LogP contribution in [0.15, 0.2) is 18.2 Å². The molecular weight excluding hydrogens is 316 g/mol. The summed E-state index contributed by atoms with van der Waals surface area (Å²) in [4.78, 5) is 11.3. The lowest BCUT2D eigenvalue weighted by atomic mass is 9.99. The molecule has 1 aromatic rings. The highest BCUT2D eigenvalue weighted by atomic mass is 35.5. The van der Waals surface area contributed by atoms with Crippen LogP contribution in [0.5, 0.6) is 0 Å². The molecule has 20 heavy (non-hydrogen) atoms. The van der Waals surface area contributed by atoms with Crippen molar-refractivity contribution < 1.29 is 22.7 Å². The summed E-state index contributed by atoms with van der Waals surface area (Å²) in [6.45, 7) is 1.38. The van der Waals surface area contributed by atoms with Crippen molar-refractivity contribution in [3.63, 3.8) is 0 Å². The first-order valence-corrected chi connectivity index (χ1v) is 6.68. The summed E-state index contributed by atoms with van der Waals surface area (Å²) < 4.78 is 42.8. The van der Waals surface area contributed by atoms with Crippen LogP contribution in [0.2, 0.25) is 10.0 Å². The molecule has 0 aliphatic heterocycles. The van der Waals surface area contributed by atoms with Gasteiger partial charge < -0.3 is 4.74 Å². The fourth-order valence-corrected chi connectivity index (χ4v) is 1.98. The standard InChI is InChI=1S/C13H13Cl2F3O2/c1-2-20-12(19)9(13(16,17)18)5-3-8-4-6-10(14)11(15)7-8/h4,6-7,9H,2-3,5H2,1H3. The van der Waals surface area contributed by atoms with Crippen molar-refractivity contribution in [1.82, 2.24) is 0 Å². The molecule has 0 saturated carbocycles. The van der Waals surface area contributed by atoms with Crippen LogP contribution in [0.3, 0.4) is 0 Å². The van der Waals surface area contributed by atoms with Crippen LogP contribution >= 0.6 is 23.2 Å².